The summed E-state index contributed by atoms with van der Waals surface area (Å²) >= 11 is 0. The maximum Gasteiger partial charge on any atom is 0.255 e. The van der Waals surface area contributed by atoms with Gasteiger partial charge in [0.25, 0.3) is 5.91 Å². The fourth-order valence-corrected chi connectivity index (χ4v) is 4.43. The van der Waals surface area contributed by atoms with Gasteiger partial charge in [-0.3, -0.25) is 14.6 Å². The molecule has 140 valence electrons. The van der Waals surface area contributed by atoms with E-state index in [0.29, 0.717) is 25.2 Å². The summed E-state index contributed by atoms with van der Waals surface area (Å²) < 4.78 is 13.8. The number of hydrogen-bond donors (Lipinski definition) is 0. The number of halogens is 1. The van der Waals surface area contributed by atoms with Crippen molar-refractivity contribution in [1.82, 2.24) is 14.8 Å². The summed E-state index contributed by atoms with van der Waals surface area (Å²) in [6.07, 6.45) is 1.61. The summed E-state index contributed by atoms with van der Waals surface area (Å²) in [4.78, 5) is 32.9. The summed E-state index contributed by atoms with van der Waals surface area (Å²) in [6, 6.07) is 9.87. The minimum Gasteiger partial charge on any atom is -0.338 e. The van der Waals surface area contributed by atoms with Gasteiger partial charge in [-0.1, -0.05) is 12.1 Å². The number of aromatic nitrogens is 1. The number of aryl methyl sites for hydroxylation is 1. The van der Waals surface area contributed by atoms with Crippen LogP contribution >= 0.6 is 0 Å². The second kappa shape index (κ2) is 6.76. The van der Waals surface area contributed by atoms with Gasteiger partial charge < -0.3 is 9.80 Å². The lowest BCUT2D eigenvalue weighted by Crippen LogP contribution is -2.36. The van der Waals surface area contributed by atoms with Crippen molar-refractivity contribution in [2.45, 2.75) is 19.9 Å². The van der Waals surface area contributed by atoms with Crippen LogP contribution in [-0.2, 0) is 4.79 Å². The Morgan fingerprint density at radius 3 is 2.63 bits per heavy atom. The number of carbonyl (C=O) groups is 2. The molecule has 2 saturated heterocycles. The first-order valence-corrected chi connectivity index (χ1v) is 9.18. The zero-order valence-corrected chi connectivity index (χ0v) is 15.4. The Bertz CT molecular complexity index is 883. The lowest BCUT2D eigenvalue weighted by atomic mass is 9.89. The van der Waals surface area contributed by atoms with Crippen molar-refractivity contribution < 1.29 is 14.0 Å². The normalized spacial score (nSPS) is 24.2. The predicted molar refractivity (Wildman–Crippen MR) is 98.4 cm³/mol. The molecule has 1 aromatic heterocycles. The van der Waals surface area contributed by atoms with E-state index < -0.39 is 0 Å². The number of rotatable bonds is 2. The van der Waals surface area contributed by atoms with Gasteiger partial charge in [-0.25, -0.2) is 4.39 Å². The zero-order chi connectivity index (χ0) is 19.1. The molecule has 3 atom stereocenters. The number of fused-ring (bicyclic) bond motifs is 1. The Morgan fingerprint density at radius 2 is 1.96 bits per heavy atom. The van der Waals surface area contributed by atoms with Crippen LogP contribution in [0.25, 0.3) is 0 Å². The average Bonchev–Trinajstić information content (AvgIpc) is 3.19. The molecule has 2 aliphatic rings. The number of carbonyl (C=O) groups excluding carboxylic acids is 2. The highest BCUT2D eigenvalue weighted by Gasteiger charge is 2.49. The maximum absolute atomic E-state index is 13.8. The Labute approximate surface area is 157 Å². The number of hydrogen-bond acceptors (Lipinski definition) is 3. The summed E-state index contributed by atoms with van der Waals surface area (Å²) in [5.41, 5.74) is 2.24. The molecule has 0 radical (unpaired) electrons. The first-order chi connectivity index (χ1) is 12.9. The molecular weight excluding hydrogens is 345 g/mol. The van der Waals surface area contributed by atoms with Crippen LogP contribution in [0.5, 0.6) is 0 Å². The lowest BCUT2D eigenvalue weighted by Gasteiger charge is -2.29. The molecule has 0 bridgehead atoms. The molecule has 0 unspecified atom stereocenters. The smallest absolute Gasteiger partial charge is 0.255 e. The molecule has 0 N–H and O–H groups in total. The number of pyridine rings is 1. The maximum atomic E-state index is 13.8. The number of nitrogens with zero attached hydrogens (tertiary/aromatic N) is 3. The summed E-state index contributed by atoms with van der Waals surface area (Å²) in [6.45, 7) is 5.19. The van der Waals surface area contributed by atoms with E-state index in [4.69, 9.17) is 0 Å². The third-order valence-electron chi connectivity index (χ3n) is 5.70. The van der Waals surface area contributed by atoms with E-state index in [1.54, 1.807) is 25.3 Å². The van der Waals surface area contributed by atoms with Crippen molar-refractivity contribution in [3.8, 4) is 0 Å². The summed E-state index contributed by atoms with van der Waals surface area (Å²) in [5, 5.41) is 0. The van der Waals surface area contributed by atoms with Crippen molar-refractivity contribution in [3.63, 3.8) is 0 Å². The van der Waals surface area contributed by atoms with E-state index in [1.165, 1.54) is 12.1 Å². The number of amides is 2. The van der Waals surface area contributed by atoms with Crippen molar-refractivity contribution in [3.05, 3.63) is 65.2 Å². The number of benzene rings is 1. The van der Waals surface area contributed by atoms with Crippen LogP contribution < -0.4 is 0 Å². The van der Waals surface area contributed by atoms with Crippen molar-refractivity contribution >= 4 is 11.8 Å². The average molecular weight is 367 g/mol. The highest BCUT2D eigenvalue weighted by molar-refractivity contribution is 5.94. The standard InChI is InChI=1S/C21H22FN3O2/c1-13-6-7-16(9-23-13)21(27)24-10-17-11-25(14(2)26)20(19(17)12-24)15-4-3-5-18(22)8-15/h3-9,17,19-20H,10-12H2,1-2H3/t17-,19-,20+/m1/s1. The summed E-state index contributed by atoms with van der Waals surface area (Å²) in [5.74, 6) is -0.0535. The van der Waals surface area contributed by atoms with Crippen LogP contribution in [0.3, 0.4) is 0 Å². The van der Waals surface area contributed by atoms with Gasteiger partial charge in [0.1, 0.15) is 5.82 Å². The van der Waals surface area contributed by atoms with Gasteiger partial charge in [0.2, 0.25) is 5.91 Å². The molecule has 2 fully saturated rings. The summed E-state index contributed by atoms with van der Waals surface area (Å²) in [7, 11) is 0. The van der Waals surface area contributed by atoms with Crippen LogP contribution in [0.2, 0.25) is 0 Å². The molecule has 27 heavy (non-hydrogen) atoms. The van der Waals surface area contributed by atoms with E-state index >= 15 is 0 Å². The molecule has 3 heterocycles. The highest BCUT2D eigenvalue weighted by Crippen LogP contribution is 2.45. The number of likely N-dealkylation sites (tertiary alicyclic amines) is 2. The molecule has 0 spiro atoms. The van der Waals surface area contributed by atoms with Gasteiger partial charge in [-0.15, -0.1) is 0 Å². The Hall–Kier alpha value is -2.76. The molecule has 5 nitrogen and oxygen atoms in total. The van der Waals surface area contributed by atoms with E-state index in [0.717, 1.165) is 11.3 Å². The van der Waals surface area contributed by atoms with Crippen LogP contribution in [0.15, 0.2) is 42.6 Å². The molecule has 2 aliphatic heterocycles. The van der Waals surface area contributed by atoms with E-state index in [9.17, 15) is 14.0 Å². The topological polar surface area (TPSA) is 53.5 Å². The largest absolute Gasteiger partial charge is 0.338 e. The van der Waals surface area contributed by atoms with Gasteiger partial charge in [0.05, 0.1) is 11.6 Å². The van der Waals surface area contributed by atoms with Crippen LogP contribution in [0.1, 0.15) is 34.6 Å². The Balaban J connectivity index is 1.59. The van der Waals surface area contributed by atoms with Gasteiger partial charge in [0.15, 0.2) is 0 Å². The first-order valence-electron chi connectivity index (χ1n) is 9.18. The van der Waals surface area contributed by atoms with Crippen molar-refractivity contribution in [2.75, 3.05) is 19.6 Å². The Morgan fingerprint density at radius 1 is 1.15 bits per heavy atom. The van der Waals surface area contributed by atoms with E-state index in [-0.39, 0.29) is 35.5 Å². The van der Waals surface area contributed by atoms with Gasteiger partial charge in [-0.05, 0) is 36.8 Å². The van der Waals surface area contributed by atoms with Gasteiger partial charge in [-0.2, -0.15) is 0 Å². The van der Waals surface area contributed by atoms with Crippen LogP contribution in [-0.4, -0.2) is 46.2 Å². The van der Waals surface area contributed by atoms with Crippen molar-refractivity contribution in [2.24, 2.45) is 11.8 Å². The Kier molecular flexibility index (Phi) is 4.42. The fourth-order valence-electron chi connectivity index (χ4n) is 4.43. The molecule has 0 saturated carbocycles. The van der Waals surface area contributed by atoms with Crippen LogP contribution in [0.4, 0.5) is 4.39 Å². The molecule has 1 aromatic carbocycles. The molecule has 2 amide bonds. The molecule has 2 aromatic rings. The lowest BCUT2D eigenvalue weighted by molar-refractivity contribution is -0.130. The minimum atomic E-state index is -0.309. The van der Waals surface area contributed by atoms with Crippen molar-refractivity contribution in [1.29, 1.82) is 0 Å². The molecule has 4 rings (SSSR count). The zero-order valence-electron chi connectivity index (χ0n) is 15.4. The monoisotopic (exact) mass is 367 g/mol. The first kappa shape index (κ1) is 17.6. The molecular formula is C21H22FN3O2. The van der Waals surface area contributed by atoms with Gasteiger partial charge >= 0.3 is 0 Å². The third kappa shape index (κ3) is 3.20. The third-order valence-corrected chi connectivity index (χ3v) is 5.70. The molecule has 6 heteroatoms. The SMILES string of the molecule is CC(=O)N1C[C@H]2CN(C(=O)c3ccc(C)nc3)C[C@H]2[C@@H]1c1cccc(F)c1. The van der Waals surface area contributed by atoms with Crippen LogP contribution in [0, 0.1) is 24.6 Å². The fraction of sp³-hybridized carbons (Fsp3) is 0.381. The quantitative estimate of drug-likeness (QED) is 0.820. The van der Waals surface area contributed by atoms with E-state index in [1.807, 2.05) is 28.9 Å². The van der Waals surface area contributed by atoms with E-state index in [2.05, 4.69) is 4.98 Å². The minimum absolute atomic E-state index is 0.0146. The second-order valence-corrected chi connectivity index (χ2v) is 7.49. The highest BCUT2D eigenvalue weighted by atomic mass is 19.1. The predicted octanol–water partition coefficient (Wildman–Crippen LogP) is 2.82. The molecule has 0 aliphatic carbocycles. The second-order valence-electron chi connectivity index (χ2n) is 7.49. The van der Waals surface area contributed by atoms with Gasteiger partial charge in [0, 0.05) is 50.3 Å².